The largest absolute Gasteiger partial charge is 0.315 e. The quantitative estimate of drug-likeness (QED) is 0.775. The monoisotopic (exact) mass is 261 g/mol. The van der Waals surface area contributed by atoms with E-state index in [1.54, 1.807) is 4.31 Å². The van der Waals surface area contributed by atoms with Gasteiger partial charge in [-0.05, 0) is 39.7 Å². The van der Waals surface area contributed by atoms with Crippen molar-refractivity contribution < 1.29 is 8.42 Å². The van der Waals surface area contributed by atoms with E-state index in [0.29, 0.717) is 13.1 Å². The molecule has 0 aromatic heterocycles. The molecule has 0 aliphatic carbocycles. The number of nitrogens with one attached hydrogen (secondary N) is 2. The standard InChI is InChI=1S/C11H23N3O2S/c1-10-5-3-4-8-14(10)17(15,16)13-11(2)6-7-12-9-11/h10,12-13H,3-9H2,1-2H3. The van der Waals surface area contributed by atoms with Crippen molar-refractivity contribution in [1.29, 1.82) is 0 Å². The molecule has 0 radical (unpaired) electrons. The first-order valence-electron chi connectivity index (χ1n) is 6.44. The number of nitrogens with zero attached hydrogens (tertiary/aromatic N) is 1. The van der Waals surface area contributed by atoms with E-state index in [9.17, 15) is 8.42 Å². The molecule has 2 saturated heterocycles. The van der Waals surface area contributed by atoms with E-state index in [1.807, 2.05) is 13.8 Å². The highest BCUT2D eigenvalue weighted by Gasteiger charge is 2.37. The minimum Gasteiger partial charge on any atom is -0.315 e. The molecule has 0 aromatic rings. The fourth-order valence-electron chi connectivity index (χ4n) is 2.70. The van der Waals surface area contributed by atoms with E-state index in [-0.39, 0.29) is 11.6 Å². The zero-order chi connectivity index (χ0) is 12.5. The predicted molar refractivity (Wildman–Crippen MR) is 68.0 cm³/mol. The molecule has 6 heteroatoms. The van der Waals surface area contributed by atoms with E-state index in [1.165, 1.54) is 0 Å². The summed E-state index contributed by atoms with van der Waals surface area (Å²) in [4.78, 5) is 0. The van der Waals surface area contributed by atoms with Crippen LogP contribution in [0.25, 0.3) is 0 Å². The highest BCUT2D eigenvalue weighted by Crippen LogP contribution is 2.22. The lowest BCUT2D eigenvalue weighted by Gasteiger charge is -2.35. The number of rotatable bonds is 3. The van der Waals surface area contributed by atoms with Crippen LogP contribution in [0.15, 0.2) is 0 Å². The number of hydrogen-bond donors (Lipinski definition) is 2. The van der Waals surface area contributed by atoms with Crippen molar-refractivity contribution in [2.24, 2.45) is 0 Å². The molecule has 100 valence electrons. The molecular weight excluding hydrogens is 238 g/mol. The third kappa shape index (κ3) is 2.99. The molecule has 2 fully saturated rings. The molecule has 2 aliphatic heterocycles. The van der Waals surface area contributed by atoms with Crippen LogP contribution in [0.2, 0.25) is 0 Å². The van der Waals surface area contributed by atoms with Crippen LogP contribution < -0.4 is 10.0 Å². The number of piperidine rings is 1. The van der Waals surface area contributed by atoms with Gasteiger partial charge < -0.3 is 5.32 Å². The predicted octanol–water partition coefficient (Wildman–Crippen LogP) is 0.447. The summed E-state index contributed by atoms with van der Waals surface area (Å²) >= 11 is 0. The third-order valence-corrected chi connectivity index (χ3v) is 5.71. The maximum absolute atomic E-state index is 12.3. The first-order chi connectivity index (χ1) is 7.93. The average Bonchev–Trinajstić information content (AvgIpc) is 2.64. The molecule has 17 heavy (non-hydrogen) atoms. The highest BCUT2D eigenvalue weighted by molar-refractivity contribution is 7.87. The van der Waals surface area contributed by atoms with E-state index in [2.05, 4.69) is 10.0 Å². The van der Waals surface area contributed by atoms with Crippen LogP contribution in [-0.4, -0.2) is 43.9 Å². The van der Waals surface area contributed by atoms with Gasteiger partial charge >= 0.3 is 0 Å². The topological polar surface area (TPSA) is 61.4 Å². The second kappa shape index (κ2) is 4.84. The highest BCUT2D eigenvalue weighted by atomic mass is 32.2. The van der Waals surface area contributed by atoms with Crippen LogP contribution >= 0.6 is 0 Å². The van der Waals surface area contributed by atoms with Crippen molar-refractivity contribution in [2.75, 3.05) is 19.6 Å². The van der Waals surface area contributed by atoms with Crippen molar-refractivity contribution in [2.45, 2.75) is 51.1 Å². The summed E-state index contributed by atoms with van der Waals surface area (Å²) in [6.45, 7) is 6.22. The fraction of sp³-hybridized carbons (Fsp3) is 1.00. The van der Waals surface area contributed by atoms with Gasteiger partial charge in [-0.3, -0.25) is 0 Å². The Hall–Kier alpha value is -0.170. The summed E-state index contributed by atoms with van der Waals surface area (Å²) in [7, 11) is -3.33. The summed E-state index contributed by atoms with van der Waals surface area (Å²) in [5.41, 5.74) is -0.323. The van der Waals surface area contributed by atoms with E-state index < -0.39 is 10.2 Å². The minimum absolute atomic E-state index is 0.124. The molecule has 2 N–H and O–H groups in total. The second-order valence-electron chi connectivity index (χ2n) is 5.55. The van der Waals surface area contributed by atoms with Crippen LogP contribution in [0.5, 0.6) is 0 Å². The van der Waals surface area contributed by atoms with Crippen LogP contribution in [-0.2, 0) is 10.2 Å². The Kier molecular flexibility index (Phi) is 3.77. The van der Waals surface area contributed by atoms with Gasteiger partial charge in [0.15, 0.2) is 0 Å². The summed E-state index contributed by atoms with van der Waals surface area (Å²) in [6, 6.07) is 0.124. The van der Waals surface area contributed by atoms with Gasteiger partial charge in [-0.25, -0.2) is 0 Å². The first-order valence-corrected chi connectivity index (χ1v) is 7.88. The number of hydrogen-bond acceptors (Lipinski definition) is 3. The SMILES string of the molecule is CC1CCCCN1S(=O)(=O)NC1(C)CCNC1. The van der Waals surface area contributed by atoms with Gasteiger partial charge in [-0.2, -0.15) is 17.4 Å². The van der Waals surface area contributed by atoms with Crippen molar-refractivity contribution in [3.63, 3.8) is 0 Å². The molecule has 0 amide bonds. The lowest BCUT2D eigenvalue weighted by atomic mass is 10.0. The van der Waals surface area contributed by atoms with Crippen molar-refractivity contribution in [1.82, 2.24) is 14.3 Å². The minimum atomic E-state index is -3.33. The van der Waals surface area contributed by atoms with Gasteiger partial charge in [0.1, 0.15) is 0 Å². The molecule has 0 aromatic carbocycles. The molecule has 0 bridgehead atoms. The van der Waals surface area contributed by atoms with Gasteiger partial charge in [0.05, 0.1) is 0 Å². The first kappa shape index (κ1) is 13.3. The second-order valence-corrected chi connectivity index (χ2v) is 7.17. The van der Waals surface area contributed by atoms with Gasteiger partial charge in [-0.1, -0.05) is 6.42 Å². The molecule has 2 atom stereocenters. The maximum atomic E-state index is 12.3. The summed E-state index contributed by atoms with van der Waals surface area (Å²) in [5.74, 6) is 0. The van der Waals surface area contributed by atoms with Crippen molar-refractivity contribution in [3.05, 3.63) is 0 Å². The molecule has 0 spiro atoms. The molecule has 2 heterocycles. The Bertz CT molecular complexity index is 363. The van der Waals surface area contributed by atoms with Crippen molar-refractivity contribution >= 4 is 10.2 Å². The Morgan fingerprint density at radius 3 is 2.76 bits per heavy atom. The van der Waals surface area contributed by atoms with Crippen LogP contribution in [0.4, 0.5) is 0 Å². The Morgan fingerprint density at radius 1 is 1.41 bits per heavy atom. The molecule has 5 nitrogen and oxygen atoms in total. The van der Waals surface area contributed by atoms with Gasteiger partial charge in [0, 0.05) is 24.7 Å². The van der Waals surface area contributed by atoms with Crippen LogP contribution in [0, 0.1) is 0 Å². The third-order valence-electron chi connectivity index (χ3n) is 3.79. The van der Waals surface area contributed by atoms with Gasteiger partial charge in [0.25, 0.3) is 10.2 Å². The average molecular weight is 261 g/mol. The van der Waals surface area contributed by atoms with Crippen LogP contribution in [0.3, 0.4) is 0 Å². The Morgan fingerprint density at radius 2 is 2.18 bits per heavy atom. The van der Waals surface area contributed by atoms with E-state index in [0.717, 1.165) is 32.2 Å². The maximum Gasteiger partial charge on any atom is 0.280 e. The summed E-state index contributed by atoms with van der Waals surface area (Å²) < 4.78 is 29.2. The fourth-order valence-corrected chi connectivity index (χ4v) is 4.57. The molecule has 0 saturated carbocycles. The van der Waals surface area contributed by atoms with E-state index in [4.69, 9.17) is 0 Å². The molecule has 2 unspecified atom stereocenters. The zero-order valence-electron chi connectivity index (χ0n) is 10.7. The molecule has 2 rings (SSSR count). The Labute approximate surface area is 104 Å². The molecular formula is C11H23N3O2S. The van der Waals surface area contributed by atoms with Crippen LogP contribution in [0.1, 0.15) is 39.5 Å². The van der Waals surface area contributed by atoms with Gasteiger partial charge in [0.2, 0.25) is 0 Å². The zero-order valence-corrected chi connectivity index (χ0v) is 11.5. The summed E-state index contributed by atoms with van der Waals surface area (Å²) in [6.07, 6.45) is 3.93. The normalized spacial score (nSPS) is 36.2. The van der Waals surface area contributed by atoms with E-state index >= 15 is 0 Å². The van der Waals surface area contributed by atoms with Gasteiger partial charge in [-0.15, -0.1) is 0 Å². The lowest BCUT2D eigenvalue weighted by Crippen LogP contribution is -2.55. The smallest absolute Gasteiger partial charge is 0.280 e. The molecule has 2 aliphatic rings. The van der Waals surface area contributed by atoms with Crippen molar-refractivity contribution in [3.8, 4) is 0 Å². The lowest BCUT2D eigenvalue weighted by molar-refractivity contribution is 0.260. The Balaban J connectivity index is 2.07. The summed E-state index contributed by atoms with van der Waals surface area (Å²) in [5, 5.41) is 3.20.